The van der Waals surface area contributed by atoms with E-state index in [1.54, 1.807) is 0 Å². The second-order valence-corrected chi connectivity index (χ2v) is 6.09. The van der Waals surface area contributed by atoms with E-state index in [9.17, 15) is 9.90 Å². The molecule has 1 N–H and O–H groups in total. The van der Waals surface area contributed by atoms with Crippen molar-refractivity contribution in [1.82, 2.24) is 0 Å². The summed E-state index contributed by atoms with van der Waals surface area (Å²) >= 11 is 17.6. The number of halogens is 3. The Morgan fingerprint density at radius 3 is 2.52 bits per heavy atom. The Labute approximate surface area is 137 Å². The maximum atomic E-state index is 11.7. The van der Waals surface area contributed by atoms with Crippen LogP contribution in [0.1, 0.15) is 25.7 Å². The van der Waals surface area contributed by atoms with E-state index in [2.05, 4.69) is 0 Å². The zero-order valence-corrected chi connectivity index (χ0v) is 13.4. The fourth-order valence-electron chi connectivity index (χ4n) is 2.17. The normalized spacial score (nSPS) is 21.9. The van der Waals surface area contributed by atoms with Gasteiger partial charge in [-0.15, -0.1) is 0 Å². The first-order chi connectivity index (χ1) is 9.97. The third-order valence-electron chi connectivity index (χ3n) is 3.27. The third kappa shape index (κ3) is 4.65. The summed E-state index contributed by atoms with van der Waals surface area (Å²) in [6.07, 6.45) is 2.15. The smallest absolute Gasteiger partial charge is 0.344 e. The summed E-state index contributed by atoms with van der Waals surface area (Å²) in [5, 5.41) is 10.6. The van der Waals surface area contributed by atoms with Crippen LogP contribution in [-0.4, -0.2) is 29.9 Å². The number of benzene rings is 1. The van der Waals surface area contributed by atoms with Crippen molar-refractivity contribution in [3.8, 4) is 5.75 Å². The average molecular weight is 354 g/mol. The lowest BCUT2D eigenvalue weighted by molar-refractivity contribution is -0.159. The van der Waals surface area contributed by atoms with E-state index in [1.165, 1.54) is 12.1 Å². The van der Waals surface area contributed by atoms with Crippen LogP contribution in [0, 0.1) is 0 Å². The summed E-state index contributed by atoms with van der Waals surface area (Å²) in [6.45, 7) is -0.305. The molecule has 2 atom stereocenters. The minimum Gasteiger partial charge on any atom is -0.480 e. The largest absolute Gasteiger partial charge is 0.480 e. The Balaban J connectivity index is 1.88. The van der Waals surface area contributed by atoms with Crippen molar-refractivity contribution in [2.75, 3.05) is 6.61 Å². The third-order valence-corrected chi connectivity index (χ3v) is 4.29. The van der Waals surface area contributed by atoms with Gasteiger partial charge in [0.2, 0.25) is 0 Å². The molecule has 0 aliphatic heterocycles. The highest BCUT2D eigenvalue weighted by Crippen LogP contribution is 2.33. The fraction of sp³-hybridized carbons (Fsp3) is 0.500. The summed E-state index contributed by atoms with van der Waals surface area (Å²) in [5.41, 5.74) is 0. The van der Waals surface area contributed by atoms with Crippen LogP contribution in [0.4, 0.5) is 0 Å². The standard InChI is InChI=1S/C14H15Cl3O4/c15-8-5-10(17)13(6-9(8)16)20-7-14(19)21-12-4-2-1-3-11(12)18/h5-6,11-12,18H,1-4,7H2. The van der Waals surface area contributed by atoms with Crippen LogP contribution >= 0.6 is 34.8 Å². The number of ether oxygens (including phenoxy) is 2. The molecule has 1 aliphatic rings. The van der Waals surface area contributed by atoms with E-state index in [4.69, 9.17) is 44.3 Å². The molecule has 1 aliphatic carbocycles. The highest BCUT2D eigenvalue weighted by molar-refractivity contribution is 6.43. The summed E-state index contributed by atoms with van der Waals surface area (Å²) < 4.78 is 10.5. The Morgan fingerprint density at radius 1 is 1.14 bits per heavy atom. The van der Waals surface area contributed by atoms with E-state index in [0.29, 0.717) is 17.9 Å². The average Bonchev–Trinajstić information content (AvgIpc) is 2.44. The first-order valence-electron chi connectivity index (χ1n) is 6.62. The van der Waals surface area contributed by atoms with Crippen LogP contribution in [-0.2, 0) is 9.53 Å². The molecule has 2 unspecified atom stereocenters. The van der Waals surface area contributed by atoms with E-state index in [-0.39, 0.29) is 22.4 Å². The highest BCUT2D eigenvalue weighted by atomic mass is 35.5. The highest BCUT2D eigenvalue weighted by Gasteiger charge is 2.26. The van der Waals surface area contributed by atoms with Gasteiger partial charge in [-0.25, -0.2) is 4.79 Å². The van der Waals surface area contributed by atoms with Gasteiger partial charge in [0.1, 0.15) is 11.9 Å². The maximum Gasteiger partial charge on any atom is 0.344 e. The van der Waals surface area contributed by atoms with Gasteiger partial charge in [-0.1, -0.05) is 41.2 Å². The van der Waals surface area contributed by atoms with Crippen LogP contribution in [0.2, 0.25) is 15.1 Å². The fourth-order valence-corrected chi connectivity index (χ4v) is 2.76. The molecule has 0 spiro atoms. The molecule has 1 aromatic rings. The lowest BCUT2D eigenvalue weighted by Gasteiger charge is -2.27. The number of carbonyl (C=O) groups is 1. The molecular formula is C14H15Cl3O4. The van der Waals surface area contributed by atoms with Crippen molar-refractivity contribution in [2.45, 2.75) is 37.9 Å². The van der Waals surface area contributed by atoms with E-state index < -0.39 is 18.2 Å². The van der Waals surface area contributed by atoms with Crippen molar-refractivity contribution in [2.24, 2.45) is 0 Å². The number of esters is 1. The molecule has 2 rings (SSSR count). The van der Waals surface area contributed by atoms with Crippen molar-refractivity contribution in [3.05, 3.63) is 27.2 Å². The molecular weight excluding hydrogens is 339 g/mol. The summed E-state index contributed by atoms with van der Waals surface area (Å²) in [4.78, 5) is 11.7. The van der Waals surface area contributed by atoms with Gasteiger partial charge in [0.15, 0.2) is 6.61 Å². The summed E-state index contributed by atoms with van der Waals surface area (Å²) in [6, 6.07) is 2.88. The van der Waals surface area contributed by atoms with Crippen molar-refractivity contribution in [3.63, 3.8) is 0 Å². The van der Waals surface area contributed by atoms with E-state index in [1.807, 2.05) is 0 Å². The van der Waals surface area contributed by atoms with Crippen molar-refractivity contribution in [1.29, 1.82) is 0 Å². The molecule has 0 bridgehead atoms. The Hall–Kier alpha value is -0.680. The SMILES string of the molecule is O=C(COc1cc(Cl)c(Cl)cc1Cl)OC1CCCCC1O. The quantitative estimate of drug-likeness (QED) is 0.659. The van der Waals surface area contributed by atoms with Crippen LogP contribution in [0.25, 0.3) is 0 Å². The maximum absolute atomic E-state index is 11.7. The lowest BCUT2D eigenvalue weighted by Crippen LogP contribution is -2.35. The van der Waals surface area contributed by atoms with Gasteiger partial charge in [0.05, 0.1) is 21.2 Å². The number of rotatable bonds is 4. The van der Waals surface area contributed by atoms with Gasteiger partial charge in [-0.2, -0.15) is 0 Å². The number of aliphatic hydroxyl groups is 1. The number of hydrogen-bond donors (Lipinski definition) is 1. The second kappa shape index (κ2) is 7.54. The van der Waals surface area contributed by atoms with Crippen LogP contribution in [0.15, 0.2) is 12.1 Å². The lowest BCUT2D eigenvalue weighted by atomic mass is 9.95. The zero-order chi connectivity index (χ0) is 15.4. The predicted molar refractivity (Wildman–Crippen MR) is 81.3 cm³/mol. The van der Waals surface area contributed by atoms with E-state index >= 15 is 0 Å². The Kier molecular flexibility index (Phi) is 5.99. The summed E-state index contributed by atoms with van der Waals surface area (Å²) in [5.74, 6) is -0.296. The Morgan fingerprint density at radius 2 is 1.81 bits per heavy atom. The minimum absolute atomic E-state index is 0.257. The molecule has 1 fully saturated rings. The van der Waals surface area contributed by atoms with Gasteiger partial charge in [-0.3, -0.25) is 0 Å². The zero-order valence-electron chi connectivity index (χ0n) is 11.2. The molecule has 0 radical (unpaired) electrons. The molecule has 0 aromatic heterocycles. The number of hydrogen-bond acceptors (Lipinski definition) is 4. The van der Waals surface area contributed by atoms with Gasteiger partial charge in [0, 0.05) is 6.07 Å². The van der Waals surface area contributed by atoms with Crippen molar-refractivity contribution < 1.29 is 19.4 Å². The number of carbonyl (C=O) groups excluding carboxylic acids is 1. The summed E-state index contributed by atoms with van der Waals surface area (Å²) in [7, 11) is 0. The molecule has 0 saturated heterocycles. The molecule has 4 nitrogen and oxygen atoms in total. The van der Waals surface area contributed by atoms with Gasteiger partial charge in [-0.05, 0) is 25.3 Å². The molecule has 0 heterocycles. The number of aliphatic hydroxyl groups excluding tert-OH is 1. The predicted octanol–water partition coefficient (Wildman–Crippen LogP) is 3.87. The van der Waals surface area contributed by atoms with Crippen LogP contribution in [0.3, 0.4) is 0 Å². The molecule has 7 heteroatoms. The minimum atomic E-state index is -0.601. The molecule has 21 heavy (non-hydrogen) atoms. The first-order valence-corrected chi connectivity index (χ1v) is 7.75. The molecule has 116 valence electrons. The van der Waals surface area contributed by atoms with Gasteiger partial charge >= 0.3 is 5.97 Å². The Bertz CT molecular complexity index is 521. The van der Waals surface area contributed by atoms with Crippen molar-refractivity contribution >= 4 is 40.8 Å². The van der Waals surface area contributed by atoms with Gasteiger partial charge in [0.25, 0.3) is 0 Å². The van der Waals surface area contributed by atoms with E-state index in [0.717, 1.165) is 12.8 Å². The second-order valence-electron chi connectivity index (χ2n) is 4.87. The molecule has 1 aromatic carbocycles. The van der Waals surface area contributed by atoms with Crippen LogP contribution in [0.5, 0.6) is 5.75 Å². The van der Waals surface area contributed by atoms with Gasteiger partial charge < -0.3 is 14.6 Å². The monoisotopic (exact) mass is 352 g/mol. The topological polar surface area (TPSA) is 55.8 Å². The molecule has 0 amide bonds. The van der Waals surface area contributed by atoms with Crippen LogP contribution < -0.4 is 4.74 Å². The molecule has 1 saturated carbocycles. The first kappa shape index (κ1) is 16.7.